The van der Waals surface area contributed by atoms with Gasteiger partial charge in [0.15, 0.2) is 0 Å². The fraction of sp³-hybridized carbons (Fsp3) is 0.647. The van der Waals surface area contributed by atoms with Crippen molar-refractivity contribution in [3.05, 3.63) is 128 Å². The summed E-state index contributed by atoms with van der Waals surface area (Å²) in [5.74, 6) is 0. The summed E-state index contributed by atoms with van der Waals surface area (Å²) >= 11 is 7.04. The first-order chi connectivity index (χ1) is 42.0. The van der Waals surface area contributed by atoms with Gasteiger partial charge in [0.1, 0.15) is 27.2 Å². The molecule has 494 valence electrons. The summed E-state index contributed by atoms with van der Waals surface area (Å²) in [4.78, 5) is 0. The second-order valence-electron chi connectivity index (χ2n) is 28.9. The van der Waals surface area contributed by atoms with Gasteiger partial charge in [0.2, 0.25) is 0 Å². The summed E-state index contributed by atoms with van der Waals surface area (Å²) in [7, 11) is 4.86. The molecule has 6 fully saturated rings. The third-order valence-electron chi connectivity index (χ3n) is 21.0. The molecule has 0 atom stereocenters. The maximum Gasteiger partial charge on any atom is 0.494 e. The minimum atomic E-state index is -0.521. The normalized spacial score (nSPS) is 28.3. The van der Waals surface area contributed by atoms with Crippen molar-refractivity contribution in [2.75, 3.05) is 55.6 Å². The Hall–Kier alpha value is -2.54. The molecule has 4 aliphatic heterocycles. The van der Waals surface area contributed by atoms with Crippen LogP contribution in [0.5, 0.6) is 0 Å². The summed E-state index contributed by atoms with van der Waals surface area (Å²) in [5, 5.41) is 0. The molecule has 0 spiro atoms. The summed E-state index contributed by atoms with van der Waals surface area (Å²) in [6, 6.07) is 33.7. The van der Waals surface area contributed by atoms with Crippen LogP contribution in [0.25, 0.3) is 0 Å². The summed E-state index contributed by atoms with van der Waals surface area (Å²) in [6.45, 7) is 33.7. The molecule has 2 saturated carbocycles. The van der Waals surface area contributed by atoms with Gasteiger partial charge >= 0.3 is 28.3 Å². The standard InChI is InChI=1S/C34H50B2O8.C22H26Br2O4.C12H24B2O4/c1-29(2)30(3,4)42-35(41-29)27-15-11-25(12-16-27)33(39-23-37-9)19-21-34(22-20-33,40-24-38-10)26-13-17-28(18-14-26)36-43-31(5,6)32(7,8)44-36;1-25-15-27-21(17-3-7-19(23)8-4-17)11-13-22(14-12-21,28-16-26-2)18-5-9-20(24)10-6-18;1-9(2)10(3,4)16-13(15-9)14-17-11(5,6)12(7,8)18-14/h11-18H,19-24H2,1-10H3;3-10H,11-16H2,1-2H3;1-8H3. The van der Waals surface area contributed by atoms with Crippen molar-refractivity contribution in [3.8, 4) is 0 Å². The van der Waals surface area contributed by atoms with E-state index in [1.54, 1.807) is 28.4 Å². The molecule has 0 unspecified atom stereocenters. The maximum absolute atomic E-state index is 6.49. The Morgan fingerprint density at radius 3 is 0.656 bits per heavy atom. The van der Waals surface area contributed by atoms with E-state index < -0.39 is 61.9 Å². The summed E-state index contributed by atoms with van der Waals surface area (Å²) < 4.78 is 97.9. The Labute approximate surface area is 556 Å². The van der Waals surface area contributed by atoms with E-state index >= 15 is 0 Å². The summed E-state index contributed by atoms with van der Waals surface area (Å²) in [6.07, 6.45) is 6.30. The molecule has 0 amide bonds. The zero-order valence-electron chi connectivity index (χ0n) is 57.3. The predicted molar refractivity (Wildman–Crippen MR) is 360 cm³/mol. The lowest BCUT2D eigenvalue weighted by atomic mass is 9.49. The molecule has 0 aromatic heterocycles. The number of methoxy groups -OCH3 is 4. The number of benzene rings is 4. The van der Waals surface area contributed by atoms with Crippen molar-refractivity contribution in [1.29, 1.82) is 0 Å². The molecule has 4 aromatic rings. The van der Waals surface area contributed by atoms with Gasteiger partial charge in [-0.05, 0) is 220 Å². The molecule has 16 nitrogen and oxygen atoms in total. The van der Waals surface area contributed by atoms with Gasteiger partial charge in [-0.25, -0.2) is 0 Å². The highest BCUT2D eigenvalue weighted by molar-refractivity contribution is 9.10. The Morgan fingerprint density at radius 2 is 0.467 bits per heavy atom. The van der Waals surface area contributed by atoms with Gasteiger partial charge in [-0.15, -0.1) is 0 Å². The molecule has 4 saturated heterocycles. The van der Waals surface area contributed by atoms with Crippen LogP contribution in [0.4, 0.5) is 0 Å². The lowest BCUT2D eigenvalue weighted by molar-refractivity contribution is -0.203. The van der Waals surface area contributed by atoms with E-state index in [9.17, 15) is 0 Å². The molecule has 6 aliphatic rings. The first-order valence-corrected chi connectivity index (χ1v) is 33.3. The third-order valence-corrected chi connectivity index (χ3v) is 22.0. The highest BCUT2D eigenvalue weighted by atomic mass is 79.9. The molecule has 0 N–H and O–H groups in total. The molecule has 0 bridgehead atoms. The number of hydrogen-bond donors (Lipinski definition) is 0. The number of halogens is 2. The quantitative estimate of drug-likeness (QED) is 0.0647. The zero-order chi connectivity index (χ0) is 66.0. The molecule has 10 rings (SSSR count). The summed E-state index contributed by atoms with van der Waals surface area (Å²) in [5.41, 5.74) is 1.71. The van der Waals surface area contributed by atoms with Crippen LogP contribution in [0, 0.1) is 0 Å². The minimum Gasteiger partial charge on any atom is -0.405 e. The monoisotopic (exact) mass is 1370 g/mol. The topological polar surface area (TPSA) is 148 Å². The Bertz CT molecular complexity index is 2680. The van der Waals surface area contributed by atoms with Crippen molar-refractivity contribution in [2.45, 2.75) is 229 Å². The van der Waals surface area contributed by atoms with Crippen LogP contribution >= 0.6 is 31.9 Å². The van der Waals surface area contributed by atoms with E-state index in [1.165, 1.54) is 11.1 Å². The van der Waals surface area contributed by atoms with Crippen molar-refractivity contribution in [3.63, 3.8) is 0 Å². The number of rotatable bonds is 19. The van der Waals surface area contributed by atoms with Crippen LogP contribution < -0.4 is 10.9 Å². The molecule has 4 heterocycles. The average Bonchev–Trinajstić information content (AvgIpc) is 1.03. The SMILES string of the molecule is CC1(C)OB(B2OC(C)(C)C(C)(C)O2)OC1(C)C.COCOC1(c2ccc(B3OC(C)(C)C(C)(C)O3)cc2)CCC(OCOC)(c2ccc(B3OC(C)(C)C(C)(C)O3)cc2)CC1.COCOC1(c2ccc(Br)cc2)CCC(OCOC)(c2ccc(Br)cc2)CC1. The molecular formula is C68H100B4Br2O16. The van der Waals surface area contributed by atoms with E-state index in [0.717, 1.165) is 82.4 Å². The lowest BCUT2D eigenvalue weighted by Gasteiger charge is -2.46. The number of hydrogen-bond acceptors (Lipinski definition) is 16. The largest absolute Gasteiger partial charge is 0.494 e. The maximum atomic E-state index is 6.49. The molecular weight excluding hydrogens is 1280 g/mol. The first kappa shape index (κ1) is 73.3. The van der Waals surface area contributed by atoms with Crippen LogP contribution in [0.2, 0.25) is 0 Å². The van der Waals surface area contributed by atoms with Gasteiger partial charge in [-0.1, -0.05) is 105 Å². The van der Waals surface area contributed by atoms with Gasteiger partial charge in [-0.3, -0.25) is 0 Å². The molecule has 90 heavy (non-hydrogen) atoms. The van der Waals surface area contributed by atoms with Crippen LogP contribution in [-0.4, -0.2) is 129 Å². The van der Waals surface area contributed by atoms with Crippen molar-refractivity contribution >= 4 is 71.0 Å². The number of ether oxygens (including phenoxy) is 8. The Morgan fingerprint density at radius 1 is 0.289 bits per heavy atom. The molecule has 0 radical (unpaired) electrons. The molecule has 2 aliphatic carbocycles. The van der Waals surface area contributed by atoms with Gasteiger partial charge < -0.3 is 75.1 Å². The fourth-order valence-corrected chi connectivity index (χ4v) is 12.7. The first-order valence-electron chi connectivity index (χ1n) is 31.7. The molecule has 22 heteroatoms. The average molecular weight is 1380 g/mol. The van der Waals surface area contributed by atoms with E-state index in [0.29, 0.717) is 0 Å². The third kappa shape index (κ3) is 15.6. The van der Waals surface area contributed by atoms with E-state index in [2.05, 4.69) is 184 Å². The second-order valence-corrected chi connectivity index (χ2v) is 30.7. The predicted octanol–water partition coefficient (Wildman–Crippen LogP) is 13.6. The smallest absolute Gasteiger partial charge is 0.405 e. The van der Waals surface area contributed by atoms with E-state index in [-0.39, 0.29) is 60.8 Å². The van der Waals surface area contributed by atoms with Gasteiger partial charge in [-0.2, -0.15) is 0 Å². The van der Waals surface area contributed by atoms with Crippen LogP contribution in [0.1, 0.15) is 184 Å². The highest BCUT2D eigenvalue weighted by Gasteiger charge is 2.64. The van der Waals surface area contributed by atoms with Crippen molar-refractivity contribution in [2.24, 2.45) is 0 Å². The van der Waals surface area contributed by atoms with Crippen LogP contribution in [-0.2, 0) is 97.5 Å². The van der Waals surface area contributed by atoms with Crippen LogP contribution in [0.3, 0.4) is 0 Å². The Balaban J connectivity index is 0.000000193. The zero-order valence-corrected chi connectivity index (χ0v) is 60.5. The van der Waals surface area contributed by atoms with E-state index in [1.807, 2.05) is 55.4 Å². The van der Waals surface area contributed by atoms with Crippen molar-refractivity contribution < 1.29 is 75.1 Å². The molecule has 4 aromatic carbocycles. The second kappa shape index (κ2) is 28.3. The van der Waals surface area contributed by atoms with Gasteiger partial charge in [0.25, 0.3) is 0 Å². The minimum absolute atomic E-state index is 0.202. The lowest BCUT2D eigenvalue weighted by Crippen LogP contribution is -2.44. The van der Waals surface area contributed by atoms with Gasteiger partial charge in [0, 0.05) is 37.4 Å². The van der Waals surface area contributed by atoms with E-state index in [4.69, 9.17) is 75.1 Å². The highest BCUT2D eigenvalue weighted by Crippen LogP contribution is 2.52. The fourth-order valence-electron chi connectivity index (χ4n) is 12.2. The Kier molecular flexibility index (Phi) is 23.0. The van der Waals surface area contributed by atoms with Crippen LogP contribution in [0.15, 0.2) is 106 Å². The van der Waals surface area contributed by atoms with Gasteiger partial charge in [0.05, 0.1) is 67.2 Å². The van der Waals surface area contributed by atoms with Crippen molar-refractivity contribution in [1.82, 2.24) is 0 Å².